The lowest BCUT2D eigenvalue weighted by Gasteiger charge is -2.35. The van der Waals surface area contributed by atoms with Gasteiger partial charge in [-0.3, -0.25) is 4.79 Å². The van der Waals surface area contributed by atoms with Crippen LogP contribution in [0.3, 0.4) is 0 Å². The topological polar surface area (TPSA) is 58.6 Å². The third kappa shape index (κ3) is 4.59. The van der Waals surface area contributed by atoms with Gasteiger partial charge in [0.2, 0.25) is 0 Å². The molecule has 0 spiro atoms. The van der Waals surface area contributed by atoms with Crippen LogP contribution in [0, 0.1) is 19.7 Å². The van der Waals surface area contributed by atoms with E-state index >= 15 is 0 Å². The average molecular weight is 427 g/mol. The largest absolute Gasteiger partial charge is 0.484 e. The SMILES string of the molecule is Cc1nc(-c2ccc(N3CCN(C(=O)COc4ccc(F)cc4)CC3)nc2)sc1C. The fourth-order valence-corrected chi connectivity index (χ4v) is 4.15. The maximum Gasteiger partial charge on any atom is 0.260 e. The summed E-state index contributed by atoms with van der Waals surface area (Å²) < 4.78 is 18.4. The van der Waals surface area contributed by atoms with Crippen LogP contribution in [0.25, 0.3) is 10.6 Å². The molecule has 0 aliphatic carbocycles. The zero-order valence-electron chi connectivity index (χ0n) is 17.0. The molecule has 1 fully saturated rings. The normalized spacial score (nSPS) is 14.1. The molecule has 0 bridgehead atoms. The van der Waals surface area contributed by atoms with E-state index in [0.717, 1.165) is 22.1 Å². The molecule has 6 nitrogen and oxygen atoms in total. The van der Waals surface area contributed by atoms with Gasteiger partial charge in [0.05, 0.1) is 5.69 Å². The highest BCUT2D eigenvalue weighted by Crippen LogP contribution is 2.28. The molecule has 0 radical (unpaired) electrons. The maximum absolute atomic E-state index is 12.9. The summed E-state index contributed by atoms with van der Waals surface area (Å²) in [6.07, 6.45) is 1.86. The van der Waals surface area contributed by atoms with Crippen molar-refractivity contribution in [3.8, 4) is 16.3 Å². The number of carbonyl (C=O) groups excluding carboxylic acids is 1. The Morgan fingerprint density at radius 1 is 1.10 bits per heavy atom. The molecule has 4 rings (SSSR count). The molecule has 2 aromatic heterocycles. The number of halogens is 1. The van der Waals surface area contributed by atoms with Crippen LogP contribution in [0.5, 0.6) is 5.75 Å². The van der Waals surface area contributed by atoms with E-state index in [-0.39, 0.29) is 18.3 Å². The summed E-state index contributed by atoms with van der Waals surface area (Å²) in [6, 6.07) is 9.72. The minimum absolute atomic E-state index is 0.0504. The summed E-state index contributed by atoms with van der Waals surface area (Å²) in [5, 5.41) is 0.987. The van der Waals surface area contributed by atoms with Crippen molar-refractivity contribution < 1.29 is 13.9 Å². The van der Waals surface area contributed by atoms with E-state index in [0.29, 0.717) is 31.9 Å². The summed E-state index contributed by atoms with van der Waals surface area (Å²) in [6.45, 7) is 6.69. The van der Waals surface area contributed by atoms with E-state index in [9.17, 15) is 9.18 Å². The molecule has 8 heteroatoms. The number of hydrogen-bond acceptors (Lipinski definition) is 6. The number of aryl methyl sites for hydroxylation is 2. The predicted molar refractivity (Wildman–Crippen MR) is 116 cm³/mol. The van der Waals surface area contributed by atoms with Crippen molar-refractivity contribution in [1.29, 1.82) is 0 Å². The molecule has 156 valence electrons. The molecule has 0 saturated carbocycles. The highest BCUT2D eigenvalue weighted by Gasteiger charge is 2.22. The quantitative estimate of drug-likeness (QED) is 0.623. The maximum atomic E-state index is 12.9. The van der Waals surface area contributed by atoms with E-state index in [1.807, 2.05) is 25.3 Å². The monoisotopic (exact) mass is 426 g/mol. The molecule has 3 heterocycles. The van der Waals surface area contributed by atoms with Crippen molar-refractivity contribution in [3.63, 3.8) is 0 Å². The number of piperazine rings is 1. The van der Waals surface area contributed by atoms with Gasteiger partial charge in [0.15, 0.2) is 6.61 Å². The number of nitrogens with zero attached hydrogens (tertiary/aromatic N) is 4. The van der Waals surface area contributed by atoms with Gasteiger partial charge in [-0.25, -0.2) is 14.4 Å². The van der Waals surface area contributed by atoms with Crippen LogP contribution in [0.1, 0.15) is 10.6 Å². The number of amides is 1. The lowest BCUT2D eigenvalue weighted by atomic mass is 10.2. The minimum Gasteiger partial charge on any atom is -0.484 e. The van der Waals surface area contributed by atoms with Gasteiger partial charge in [0.25, 0.3) is 5.91 Å². The number of rotatable bonds is 5. The predicted octanol–water partition coefficient (Wildman–Crippen LogP) is 3.69. The first-order valence-electron chi connectivity index (χ1n) is 9.81. The summed E-state index contributed by atoms with van der Waals surface area (Å²) in [5.74, 6) is 0.983. The van der Waals surface area contributed by atoms with Gasteiger partial charge in [-0.05, 0) is 50.2 Å². The van der Waals surface area contributed by atoms with Crippen molar-refractivity contribution >= 4 is 23.1 Å². The Hall–Kier alpha value is -3.00. The van der Waals surface area contributed by atoms with Crippen LogP contribution >= 0.6 is 11.3 Å². The van der Waals surface area contributed by atoms with Crippen LogP contribution in [-0.4, -0.2) is 53.6 Å². The van der Waals surface area contributed by atoms with Crippen LogP contribution in [0.2, 0.25) is 0 Å². The minimum atomic E-state index is -0.330. The average Bonchev–Trinajstić information content (AvgIpc) is 3.12. The zero-order chi connectivity index (χ0) is 21.1. The van der Waals surface area contributed by atoms with Crippen LogP contribution in [0.15, 0.2) is 42.6 Å². The number of hydrogen-bond donors (Lipinski definition) is 0. The van der Waals surface area contributed by atoms with Crippen molar-refractivity contribution in [3.05, 3.63) is 59.0 Å². The first kappa shape index (κ1) is 20.3. The lowest BCUT2D eigenvalue weighted by Crippen LogP contribution is -2.50. The van der Waals surface area contributed by atoms with E-state index in [2.05, 4.69) is 21.8 Å². The number of ether oxygens (including phenoxy) is 1. The van der Waals surface area contributed by atoms with Gasteiger partial charge in [-0.15, -0.1) is 11.3 Å². The molecular formula is C22H23FN4O2S. The Balaban J connectivity index is 1.29. The molecule has 0 unspecified atom stereocenters. The fourth-order valence-electron chi connectivity index (χ4n) is 3.25. The van der Waals surface area contributed by atoms with Crippen molar-refractivity contribution in [1.82, 2.24) is 14.9 Å². The number of pyridine rings is 1. The number of carbonyl (C=O) groups is 1. The Bertz CT molecular complexity index is 993. The fraction of sp³-hybridized carbons (Fsp3) is 0.318. The lowest BCUT2D eigenvalue weighted by molar-refractivity contribution is -0.133. The van der Waals surface area contributed by atoms with Crippen molar-refractivity contribution in [2.24, 2.45) is 0 Å². The van der Waals surface area contributed by atoms with Gasteiger partial charge in [-0.1, -0.05) is 0 Å². The molecule has 30 heavy (non-hydrogen) atoms. The summed E-state index contributed by atoms with van der Waals surface area (Å²) >= 11 is 1.68. The second-order valence-corrected chi connectivity index (χ2v) is 8.38. The Kier molecular flexibility index (Phi) is 5.94. The number of thiazole rings is 1. The number of anilines is 1. The molecule has 1 aliphatic heterocycles. The number of benzene rings is 1. The number of aromatic nitrogens is 2. The molecule has 0 atom stereocenters. The van der Waals surface area contributed by atoms with E-state index < -0.39 is 0 Å². The second kappa shape index (κ2) is 8.79. The molecule has 1 saturated heterocycles. The van der Waals surface area contributed by atoms with Crippen molar-refractivity contribution in [2.75, 3.05) is 37.7 Å². The summed E-state index contributed by atoms with van der Waals surface area (Å²) in [4.78, 5) is 26.8. The van der Waals surface area contributed by atoms with Crippen LogP contribution < -0.4 is 9.64 Å². The first-order valence-corrected chi connectivity index (χ1v) is 10.6. The first-order chi connectivity index (χ1) is 14.5. The van der Waals surface area contributed by atoms with Crippen LogP contribution in [0.4, 0.5) is 10.2 Å². The van der Waals surface area contributed by atoms with Gasteiger partial charge in [0.1, 0.15) is 22.4 Å². The van der Waals surface area contributed by atoms with Crippen LogP contribution in [-0.2, 0) is 4.79 Å². The molecular weight excluding hydrogens is 403 g/mol. The standard InChI is InChI=1S/C22H23FN4O2S/c1-15-16(2)30-22(25-15)17-3-8-20(24-13-17)26-9-11-27(12-10-26)21(28)14-29-19-6-4-18(23)5-7-19/h3-8,13H,9-12,14H2,1-2H3. The smallest absolute Gasteiger partial charge is 0.260 e. The van der Waals surface area contributed by atoms with Crippen molar-refractivity contribution in [2.45, 2.75) is 13.8 Å². The van der Waals surface area contributed by atoms with Gasteiger partial charge in [0, 0.05) is 42.8 Å². The molecule has 1 aliphatic rings. The molecule has 1 amide bonds. The van der Waals surface area contributed by atoms with Gasteiger partial charge < -0.3 is 14.5 Å². The Morgan fingerprint density at radius 3 is 2.43 bits per heavy atom. The Morgan fingerprint density at radius 2 is 1.83 bits per heavy atom. The summed E-state index contributed by atoms with van der Waals surface area (Å²) in [7, 11) is 0. The zero-order valence-corrected chi connectivity index (χ0v) is 17.8. The van der Waals surface area contributed by atoms with Gasteiger partial charge >= 0.3 is 0 Å². The van der Waals surface area contributed by atoms with E-state index in [4.69, 9.17) is 4.74 Å². The molecule has 3 aromatic rings. The molecule has 1 aromatic carbocycles. The van der Waals surface area contributed by atoms with E-state index in [1.54, 1.807) is 16.2 Å². The highest BCUT2D eigenvalue weighted by molar-refractivity contribution is 7.15. The van der Waals surface area contributed by atoms with Gasteiger partial charge in [-0.2, -0.15) is 0 Å². The third-order valence-corrected chi connectivity index (χ3v) is 6.28. The second-order valence-electron chi connectivity index (χ2n) is 7.18. The highest BCUT2D eigenvalue weighted by atomic mass is 32.1. The third-order valence-electron chi connectivity index (χ3n) is 5.16. The Labute approximate surface area is 178 Å². The summed E-state index contributed by atoms with van der Waals surface area (Å²) in [5.41, 5.74) is 2.08. The van der Waals surface area contributed by atoms with E-state index in [1.165, 1.54) is 29.1 Å². The molecule has 0 N–H and O–H groups in total.